The smallest absolute Gasteiger partial charge is 0.410 e. The first kappa shape index (κ1) is 26.5. The van der Waals surface area contributed by atoms with Gasteiger partial charge < -0.3 is 19.7 Å². The standard InChI is InChI=1S/C31H37N5O3/c1-21(2)20-38-26-9-6-8-24(19-26)27-10-7-15-36-28(27)33-29(34-36)32-25-12-11-22-13-16-35(17-14-23(22)18-25)30(37)39-31(3,4)5/h6-12,15,18-19,21H,13-14,16-17,20H2,1-5H3,(H,32,34). The number of anilines is 2. The second-order valence-electron chi connectivity index (χ2n) is 11.4. The Morgan fingerprint density at radius 3 is 2.59 bits per heavy atom. The first-order valence-electron chi connectivity index (χ1n) is 13.6. The van der Waals surface area contributed by atoms with Crippen LogP contribution in [0.5, 0.6) is 5.75 Å². The Balaban J connectivity index is 1.33. The Hall–Kier alpha value is -4.07. The molecule has 0 bridgehead atoms. The van der Waals surface area contributed by atoms with Gasteiger partial charge in [0.25, 0.3) is 0 Å². The topological polar surface area (TPSA) is 81.0 Å². The fraction of sp³-hybridized carbons (Fsp3) is 0.387. The third-order valence-corrected chi connectivity index (χ3v) is 6.51. The van der Waals surface area contributed by atoms with Crippen LogP contribution in [0.25, 0.3) is 16.8 Å². The number of benzene rings is 2. The van der Waals surface area contributed by atoms with Gasteiger partial charge in [0.2, 0.25) is 5.95 Å². The van der Waals surface area contributed by atoms with Crippen LogP contribution in [0.1, 0.15) is 45.7 Å². The minimum atomic E-state index is -0.501. The van der Waals surface area contributed by atoms with Gasteiger partial charge in [-0.05, 0) is 92.6 Å². The number of rotatable bonds is 6. The van der Waals surface area contributed by atoms with Crippen molar-refractivity contribution in [1.29, 1.82) is 0 Å². The number of aromatic nitrogens is 3. The van der Waals surface area contributed by atoms with E-state index in [2.05, 4.69) is 42.5 Å². The number of ether oxygens (including phenoxy) is 2. The molecule has 0 radical (unpaired) electrons. The van der Waals surface area contributed by atoms with E-state index in [1.165, 1.54) is 11.1 Å². The van der Waals surface area contributed by atoms with E-state index in [1.54, 1.807) is 9.42 Å². The zero-order chi connectivity index (χ0) is 27.6. The second-order valence-corrected chi connectivity index (χ2v) is 11.4. The maximum atomic E-state index is 12.6. The van der Waals surface area contributed by atoms with E-state index in [-0.39, 0.29) is 6.09 Å². The van der Waals surface area contributed by atoms with Crippen LogP contribution in [0.4, 0.5) is 16.4 Å². The summed E-state index contributed by atoms with van der Waals surface area (Å²) >= 11 is 0. The normalized spacial score (nSPS) is 13.7. The third-order valence-electron chi connectivity index (χ3n) is 6.51. The Kier molecular flexibility index (Phi) is 7.46. The SMILES string of the molecule is CC(C)COc1cccc(-c2cccn3nc(Nc4ccc5c(c4)CCN(C(=O)OC(C)(C)C)CC5)nc23)c1. The molecule has 39 heavy (non-hydrogen) atoms. The molecule has 5 rings (SSSR count). The quantitative estimate of drug-likeness (QED) is 0.308. The molecule has 1 amide bonds. The Morgan fingerprint density at radius 2 is 1.82 bits per heavy atom. The van der Waals surface area contributed by atoms with Crippen molar-refractivity contribution in [2.75, 3.05) is 25.0 Å². The van der Waals surface area contributed by atoms with Gasteiger partial charge in [0.05, 0.1) is 6.61 Å². The fourth-order valence-electron chi connectivity index (χ4n) is 4.64. The molecule has 3 heterocycles. The van der Waals surface area contributed by atoms with E-state index in [1.807, 2.05) is 63.4 Å². The highest BCUT2D eigenvalue weighted by Gasteiger charge is 2.24. The van der Waals surface area contributed by atoms with Crippen molar-refractivity contribution < 1.29 is 14.3 Å². The van der Waals surface area contributed by atoms with Gasteiger partial charge in [-0.25, -0.2) is 9.31 Å². The first-order valence-corrected chi connectivity index (χ1v) is 13.6. The average Bonchev–Trinajstić information content (AvgIpc) is 3.17. The van der Waals surface area contributed by atoms with Crippen molar-refractivity contribution in [1.82, 2.24) is 19.5 Å². The highest BCUT2D eigenvalue weighted by Crippen LogP contribution is 2.29. The van der Waals surface area contributed by atoms with Crippen LogP contribution in [0.15, 0.2) is 60.8 Å². The largest absolute Gasteiger partial charge is 0.493 e. The maximum absolute atomic E-state index is 12.6. The van der Waals surface area contributed by atoms with Crippen LogP contribution in [0.2, 0.25) is 0 Å². The summed E-state index contributed by atoms with van der Waals surface area (Å²) in [6, 6.07) is 18.4. The minimum absolute atomic E-state index is 0.254. The van der Waals surface area contributed by atoms with Crippen LogP contribution < -0.4 is 10.1 Å². The monoisotopic (exact) mass is 527 g/mol. The predicted molar refractivity (Wildman–Crippen MR) is 154 cm³/mol. The van der Waals surface area contributed by atoms with Crippen molar-refractivity contribution >= 4 is 23.4 Å². The number of fused-ring (bicyclic) bond motifs is 2. The van der Waals surface area contributed by atoms with Crippen LogP contribution in [-0.2, 0) is 17.6 Å². The molecule has 0 unspecified atom stereocenters. The molecule has 0 fully saturated rings. The lowest BCUT2D eigenvalue weighted by Gasteiger charge is -2.26. The number of nitrogens with one attached hydrogen (secondary N) is 1. The number of carbonyl (C=O) groups is 1. The summed E-state index contributed by atoms with van der Waals surface area (Å²) in [6.45, 7) is 11.9. The molecule has 0 atom stereocenters. The second kappa shape index (κ2) is 11.0. The molecule has 1 N–H and O–H groups in total. The first-order chi connectivity index (χ1) is 18.6. The molecule has 2 aromatic heterocycles. The summed E-state index contributed by atoms with van der Waals surface area (Å²) in [5.74, 6) is 1.83. The molecular formula is C31H37N5O3. The van der Waals surface area contributed by atoms with Crippen molar-refractivity contribution in [2.45, 2.75) is 53.1 Å². The van der Waals surface area contributed by atoms with Gasteiger partial charge in [-0.1, -0.05) is 32.0 Å². The van der Waals surface area contributed by atoms with Crippen molar-refractivity contribution in [2.24, 2.45) is 5.92 Å². The summed E-state index contributed by atoms with van der Waals surface area (Å²) < 4.78 is 13.3. The van der Waals surface area contributed by atoms with Gasteiger partial charge in [0, 0.05) is 30.5 Å². The number of hydrogen-bond donors (Lipinski definition) is 1. The van der Waals surface area contributed by atoms with Gasteiger partial charge in [-0.15, -0.1) is 5.10 Å². The molecule has 2 aromatic carbocycles. The molecule has 1 aliphatic rings. The van der Waals surface area contributed by atoms with Gasteiger partial charge in [-0.2, -0.15) is 4.98 Å². The van der Waals surface area contributed by atoms with Gasteiger partial charge in [-0.3, -0.25) is 0 Å². The molecule has 0 saturated carbocycles. The average molecular weight is 528 g/mol. The van der Waals surface area contributed by atoms with Crippen LogP contribution >= 0.6 is 0 Å². The molecule has 4 aromatic rings. The van der Waals surface area contributed by atoms with Crippen molar-refractivity contribution in [3.63, 3.8) is 0 Å². The molecule has 0 aliphatic carbocycles. The number of amides is 1. The summed E-state index contributed by atoms with van der Waals surface area (Å²) in [4.78, 5) is 19.2. The predicted octanol–water partition coefficient (Wildman–Crippen LogP) is 6.51. The minimum Gasteiger partial charge on any atom is -0.493 e. The zero-order valence-electron chi connectivity index (χ0n) is 23.4. The van der Waals surface area contributed by atoms with E-state index in [0.717, 1.165) is 41.1 Å². The molecule has 8 nitrogen and oxygen atoms in total. The maximum Gasteiger partial charge on any atom is 0.410 e. The molecule has 1 aliphatic heterocycles. The van der Waals surface area contributed by atoms with E-state index in [4.69, 9.17) is 14.5 Å². The molecule has 204 valence electrons. The Morgan fingerprint density at radius 1 is 1.03 bits per heavy atom. The lowest BCUT2D eigenvalue weighted by molar-refractivity contribution is 0.0258. The molecular weight excluding hydrogens is 490 g/mol. The van der Waals surface area contributed by atoms with Crippen LogP contribution in [-0.4, -0.2) is 50.9 Å². The van der Waals surface area contributed by atoms with Gasteiger partial charge in [0.1, 0.15) is 11.4 Å². The summed E-state index contributed by atoms with van der Waals surface area (Å²) in [7, 11) is 0. The number of carbonyl (C=O) groups excluding carboxylic acids is 1. The zero-order valence-corrected chi connectivity index (χ0v) is 23.4. The lowest BCUT2D eigenvalue weighted by Crippen LogP contribution is -2.38. The summed E-state index contributed by atoms with van der Waals surface area (Å²) in [6.07, 6.45) is 3.21. The summed E-state index contributed by atoms with van der Waals surface area (Å²) in [5.41, 5.74) is 5.66. The van der Waals surface area contributed by atoms with Gasteiger partial charge in [0.15, 0.2) is 5.65 Å². The molecule has 8 heteroatoms. The number of nitrogens with zero attached hydrogens (tertiary/aromatic N) is 4. The summed E-state index contributed by atoms with van der Waals surface area (Å²) in [5, 5.41) is 8.05. The lowest BCUT2D eigenvalue weighted by atomic mass is 10.0. The Bertz CT molecular complexity index is 1470. The highest BCUT2D eigenvalue weighted by atomic mass is 16.6. The van der Waals surface area contributed by atoms with E-state index in [9.17, 15) is 4.79 Å². The number of hydrogen-bond acceptors (Lipinski definition) is 6. The van der Waals surface area contributed by atoms with Crippen molar-refractivity contribution in [3.05, 3.63) is 71.9 Å². The Labute approximate surface area is 230 Å². The fourth-order valence-corrected chi connectivity index (χ4v) is 4.64. The highest BCUT2D eigenvalue weighted by molar-refractivity contribution is 5.79. The van der Waals surface area contributed by atoms with Crippen LogP contribution in [0.3, 0.4) is 0 Å². The van der Waals surface area contributed by atoms with Gasteiger partial charge >= 0.3 is 6.09 Å². The van der Waals surface area contributed by atoms with E-state index in [0.29, 0.717) is 31.6 Å². The van der Waals surface area contributed by atoms with Crippen molar-refractivity contribution in [3.8, 4) is 16.9 Å². The molecule has 0 spiro atoms. The van der Waals surface area contributed by atoms with E-state index >= 15 is 0 Å². The number of pyridine rings is 1. The van der Waals surface area contributed by atoms with Crippen LogP contribution in [0, 0.1) is 5.92 Å². The third kappa shape index (κ3) is 6.50. The molecule has 0 saturated heterocycles. The van der Waals surface area contributed by atoms with E-state index < -0.39 is 5.60 Å².